The van der Waals surface area contributed by atoms with Crippen molar-refractivity contribution in [2.24, 2.45) is 5.92 Å². The van der Waals surface area contributed by atoms with Gasteiger partial charge in [0.25, 0.3) is 5.91 Å². The zero-order chi connectivity index (χ0) is 15.0. The van der Waals surface area contributed by atoms with E-state index in [0.717, 1.165) is 24.0 Å². The predicted molar refractivity (Wildman–Crippen MR) is 70.9 cm³/mol. The average Bonchev–Trinajstić information content (AvgIpc) is 3.01. The third-order valence-corrected chi connectivity index (χ3v) is 4.28. The molecule has 2 fully saturated rings. The van der Waals surface area contributed by atoms with Crippen molar-refractivity contribution in [3.05, 3.63) is 24.0 Å². The van der Waals surface area contributed by atoms with Crippen LogP contribution in [0, 0.1) is 5.92 Å². The molecule has 2 aliphatic heterocycles. The summed E-state index contributed by atoms with van der Waals surface area (Å²) in [6.07, 6.45) is -0.852. The molecule has 0 aromatic carbocycles. The number of nitrogens with zero attached hydrogens (tertiary/aromatic N) is 2. The topological polar surface area (TPSA) is 37.3 Å². The molecule has 0 bridgehead atoms. The fourth-order valence-corrected chi connectivity index (χ4v) is 3.31. The SMILES string of the molecule is O=C(c1cccn1CC(F)(F)F)N1C[C@@H]2CCCN[C@@H]2C1. The van der Waals surface area contributed by atoms with E-state index in [1.807, 2.05) is 0 Å². The van der Waals surface area contributed by atoms with Gasteiger partial charge in [-0.05, 0) is 37.4 Å². The lowest BCUT2D eigenvalue weighted by atomic mass is 9.94. The van der Waals surface area contributed by atoms with Crippen molar-refractivity contribution in [3.8, 4) is 0 Å². The Labute approximate surface area is 120 Å². The van der Waals surface area contributed by atoms with Crippen LogP contribution in [-0.2, 0) is 6.54 Å². The van der Waals surface area contributed by atoms with E-state index in [1.165, 1.54) is 18.3 Å². The van der Waals surface area contributed by atoms with Crippen LogP contribution >= 0.6 is 0 Å². The Kier molecular flexibility index (Phi) is 3.69. The summed E-state index contributed by atoms with van der Waals surface area (Å²) in [6.45, 7) is 1.04. The molecule has 7 heteroatoms. The summed E-state index contributed by atoms with van der Waals surface area (Å²) in [5, 5.41) is 3.38. The molecule has 4 nitrogen and oxygen atoms in total. The molecule has 116 valence electrons. The van der Waals surface area contributed by atoms with E-state index >= 15 is 0 Å². The van der Waals surface area contributed by atoms with Crippen molar-refractivity contribution in [1.29, 1.82) is 0 Å². The third-order valence-electron chi connectivity index (χ3n) is 4.28. The molecule has 1 aromatic heterocycles. The van der Waals surface area contributed by atoms with Crippen molar-refractivity contribution in [2.75, 3.05) is 19.6 Å². The zero-order valence-electron chi connectivity index (χ0n) is 11.6. The van der Waals surface area contributed by atoms with E-state index in [9.17, 15) is 18.0 Å². The summed E-state index contributed by atoms with van der Waals surface area (Å²) in [5.41, 5.74) is 0.117. The first-order valence-electron chi connectivity index (χ1n) is 7.18. The number of hydrogen-bond acceptors (Lipinski definition) is 2. The number of aromatic nitrogens is 1. The summed E-state index contributed by atoms with van der Waals surface area (Å²) < 4.78 is 38.6. The molecule has 0 radical (unpaired) electrons. The van der Waals surface area contributed by atoms with Crippen LogP contribution in [0.25, 0.3) is 0 Å². The van der Waals surface area contributed by atoms with Crippen LogP contribution in [0.1, 0.15) is 23.3 Å². The van der Waals surface area contributed by atoms with E-state index in [0.29, 0.717) is 19.0 Å². The quantitative estimate of drug-likeness (QED) is 0.905. The van der Waals surface area contributed by atoms with Crippen LogP contribution in [0.5, 0.6) is 0 Å². The van der Waals surface area contributed by atoms with Crippen molar-refractivity contribution in [3.63, 3.8) is 0 Å². The molecule has 0 unspecified atom stereocenters. The van der Waals surface area contributed by atoms with Gasteiger partial charge in [-0.2, -0.15) is 13.2 Å². The summed E-state index contributed by atoms with van der Waals surface area (Å²) >= 11 is 0. The number of amides is 1. The highest BCUT2D eigenvalue weighted by molar-refractivity contribution is 5.93. The first-order valence-corrected chi connectivity index (χ1v) is 7.18. The van der Waals surface area contributed by atoms with Crippen LogP contribution < -0.4 is 5.32 Å². The number of piperidine rings is 1. The Morgan fingerprint density at radius 3 is 2.90 bits per heavy atom. The summed E-state index contributed by atoms with van der Waals surface area (Å²) in [4.78, 5) is 14.1. The second-order valence-corrected chi connectivity index (χ2v) is 5.81. The second-order valence-electron chi connectivity index (χ2n) is 5.81. The molecule has 2 aliphatic rings. The standard InChI is InChI=1S/C14H18F3N3O/c15-14(16,17)9-19-6-2-4-12(19)13(21)20-7-10-3-1-5-18-11(10)8-20/h2,4,6,10-11,18H,1,3,5,7-9H2/t10-,11+/m0/s1. The Hall–Kier alpha value is -1.50. The summed E-state index contributed by atoms with van der Waals surface area (Å²) in [6, 6.07) is 3.23. The highest BCUT2D eigenvalue weighted by Gasteiger charge is 2.38. The highest BCUT2D eigenvalue weighted by atomic mass is 19.4. The number of alkyl halides is 3. The molecule has 2 saturated heterocycles. The van der Waals surface area contributed by atoms with Crippen molar-refractivity contribution < 1.29 is 18.0 Å². The zero-order valence-corrected chi connectivity index (χ0v) is 11.6. The number of nitrogens with one attached hydrogen (secondary N) is 1. The minimum absolute atomic E-state index is 0.117. The molecular weight excluding hydrogens is 283 g/mol. The van der Waals surface area contributed by atoms with Gasteiger partial charge in [0.15, 0.2) is 0 Å². The molecule has 3 rings (SSSR count). The second kappa shape index (κ2) is 5.36. The number of fused-ring (bicyclic) bond motifs is 1. The van der Waals surface area contributed by atoms with E-state index in [2.05, 4.69) is 5.32 Å². The van der Waals surface area contributed by atoms with Crippen LogP contribution in [-0.4, -0.2) is 47.2 Å². The smallest absolute Gasteiger partial charge is 0.335 e. The maximum absolute atomic E-state index is 12.5. The Morgan fingerprint density at radius 2 is 2.19 bits per heavy atom. The summed E-state index contributed by atoms with van der Waals surface area (Å²) in [5.74, 6) is 0.120. The molecule has 1 amide bonds. The van der Waals surface area contributed by atoms with Crippen molar-refractivity contribution >= 4 is 5.91 Å². The van der Waals surface area contributed by atoms with Gasteiger partial charge in [-0.3, -0.25) is 4.79 Å². The number of carbonyl (C=O) groups is 1. The van der Waals surface area contributed by atoms with E-state index < -0.39 is 12.7 Å². The number of rotatable bonds is 2. The van der Waals surface area contributed by atoms with Crippen molar-refractivity contribution in [1.82, 2.24) is 14.8 Å². The molecule has 1 aromatic rings. The van der Waals surface area contributed by atoms with Crippen LogP contribution in [0.2, 0.25) is 0 Å². The normalized spacial score (nSPS) is 26.0. The molecule has 3 heterocycles. The largest absolute Gasteiger partial charge is 0.406 e. The minimum atomic E-state index is -4.32. The van der Waals surface area contributed by atoms with Gasteiger partial charge in [-0.15, -0.1) is 0 Å². The van der Waals surface area contributed by atoms with Crippen LogP contribution in [0.15, 0.2) is 18.3 Å². The van der Waals surface area contributed by atoms with Gasteiger partial charge in [0, 0.05) is 25.3 Å². The molecular formula is C14H18F3N3O. The Bertz CT molecular complexity index is 512. The first kappa shape index (κ1) is 14.4. The highest BCUT2D eigenvalue weighted by Crippen LogP contribution is 2.27. The molecule has 1 N–H and O–H groups in total. The molecule has 0 spiro atoms. The summed E-state index contributed by atoms with van der Waals surface area (Å²) in [7, 11) is 0. The lowest BCUT2D eigenvalue weighted by Gasteiger charge is -2.24. The van der Waals surface area contributed by atoms with Gasteiger partial charge in [-0.25, -0.2) is 0 Å². The van der Waals surface area contributed by atoms with Crippen molar-refractivity contribution in [2.45, 2.75) is 31.6 Å². The maximum Gasteiger partial charge on any atom is 0.406 e. The lowest BCUT2D eigenvalue weighted by molar-refractivity contribution is -0.140. The van der Waals surface area contributed by atoms with Gasteiger partial charge in [0.1, 0.15) is 12.2 Å². The monoisotopic (exact) mass is 301 g/mol. The van der Waals surface area contributed by atoms with E-state index in [1.54, 1.807) is 4.90 Å². The van der Waals surface area contributed by atoms with Crippen LogP contribution in [0.4, 0.5) is 13.2 Å². The van der Waals surface area contributed by atoms with Gasteiger partial charge in [-0.1, -0.05) is 0 Å². The van der Waals surface area contributed by atoms with Crippen LogP contribution in [0.3, 0.4) is 0 Å². The number of likely N-dealkylation sites (tertiary alicyclic amines) is 1. The Balaban J connectivity index is 1.73. The van der Waals surface area contributed by atoms with Gasteiger partial charge in [0.05, 0.1) is 0 Å². The fraction of sp³-hybridized carbons (Fsp3) is 0.643. The lowest BCUT2D eigenvalue weighted by Crippen LogP contribution is -2.41. The molecule has 0 aliphatic carbocycles. The number of halogens is 3. The minimum Gasteiger partial charge on any atom is -0.335 e. The molecule has 0 saturated carbocycles. The van der Waals surface area contributed by atoms with E-state index in [-0.39, 0.29) is 17.6 Å². The van der Waals surface area contributed by atoms with Gasteiger partial charge in [0.2, 0.25) is 0 Å². The van der Waals surface area contributed by atoms with Gasteiger partial charge < -0.3 is 14.8 Å². The predicted octanol–water partition coefficient (Wildman–Crippen LogP) is 1.87. The first-order chi connectivity index (χ1) is 9.94. The number of hydrogen-bond donors (Lipinski definition) is 1. The molecule has 2 atom stereocenters. The third kappa shape index (κ3) is 3.07. The maximum atomic E-state index is 12.5. The Morgan fingerprint density at radius 1 is 1.38 bits per heavy atom. The number of carbonyl (C=O) groups excluding carboxylic acids is 1. The fourth-order valence-electron chi connectivity index (χ4n) is 3.31. The van der Waals surface area contributed by atoms with Gasteiger partial charge >= 0.3 is 6.18 Å². The molecule has 21 heavy (non-hydrogen) atoms. The average molecular weight is 301 g/mol. The van der Waals surface area contributed by atoms with E-state index in [4.69, 9.17) is 0 Å².